The van der Waals surface area contributed by atoms with Crippen LogP contribution in [0, 0.1) is 13.8 Å². The molecule has 0 aliphatic heterocycles. The van der Waals surface area contributed by atoms with Crippen LogP contribution in [0.15, 0.2) is 4.90 Å². The molecule has 0 saturated carbocycles. The van der Waals surface area contributed by atoms with Crippen LogP contribution < -0.4 is 4.72 Å². The van der Waals surface area contributed by atoms with Crippen LogP contribution in [0.4, 0.5) is 0 Å². The fourth-order valence-electron chi connectivity index (χ4n) is 2.26. The van der Waals surface area contributed by atoms with Gasteiger partial charge in [0, 0.05) is 18.5 Å². The number of aliphatic carboxylic acids is 1. The van der Waals surface area contributed by atoms with E-state index in [0.29, 0.717) is 17.9 Å². The molecule has 1 aromatic rings. The minimum Gasteiger partial charge on any atom is -0.481 e. The van der Waals surface area contributed by atoms with Crippen LogP contribution in [0.5, 0.6) is 0 Å². The van der Waals surface area contributed by atoms with E-state index < -0.39 is 21.5 Å². The van der Waals surface area contributed by atoms with Crippen LogP contribution >= 0.6 is 0 Å². The first-order chi connectivity index (χ1) is 9.50. The zero-order chi connectivity index (χ0) is 16.4. The number of hydrogen-bond donors (Lipinski definition) is 2. The van der Waals surface area contributed by atoms with Crippen molar-refractivity contribution in [1.82, 2.24) is 14.5 Å². The number of carbonyl (C=O) groups is 1. The van der Waals surface area contributed by atoms with Crippen molar-refractivity contribution in [2.24, 2.45) is 0 Å². The first-order valence-electron chi connectivity index (χ1n) is 6.80. The average molecular weight is 317 g/mol. The molecular formula is C13H23N3O4S. The van der Waals surface area contributed by atoms with Gasteiger partial charge in [-0.2, -0.15) is 5.10 Å². The van der Waals surface area contributed by atoms with E-state index in [-0.39, 0.29) is 17.7 Å². The quantitative estimate of drug-likeness (QED) is 0.792. The van der Waals surface area contributed by atoms with E-state index in [0.717, 1.165) is 0 Å². The SMILES string of the molecule is CCn1nc(C)c(S(=O)(=O)NC(C)(C)CCC(=O)O)c1C. The van der Waals surface area contributed by atoms with Gasteiger partial charge in [-0.1, -0.05) is 0 Å². The Balaban J connectivity index is 3.07. The summed E-state index contributed by atoms with van der Waals surface area (Å²) in [4.78, 5) is 10.8. The summed E-state index contributed by atoms with van der Waals surface area (Å²) in [6.07, 6.45) is 0.114. The maximum Gasteiger partial charge on any atom is 0.303 e. The summed E-state index contributed by atoms with van der Waals surface area (Å²) in [7, 11) is -3.74. The van der Waals surface area contributed by atoms with Crippen molar-refractivity contribution in [2.75, 3.05) is 0 Å². The number of hydrogen-bond acceptors (Lipinski definition) is 4. The Labute approximate surface area is 125 Å². The average Bonchev–Trinajstić information content (AvgIpc) is 2.61. The molecule has 2 N–H and O–H groups in total. The number of carboxylic acids is 1. The van der Waals surface area contributed by atoms with Crippen LogP contribution in [-0.4, -0.2) is 34.8 Å². The van der Waals surface area contributed by atoms with Crippen molar-refractivity contribution in [3.63, 3.8) is 0 Å². The fourth-order valence-corrected chi connectivity index (χ4v) is 4.12. The van der Waals surface area contributed by atoms with Crippen LogP contribution in [0.3, 0.4) is 0 Å². The molecule has 1 rings (SSSR count). The maximum absolute atomic E-state index is 12.6. The number of carboxylic acid groups (broad SMARTS) is 1. The van der Waals surface area contributed by atoms with Crippen molar-refractivity contribution < 1.29 is 18.3 Å². The largest absolute Gasteiger partial charge is 0.481 e. The second kappa shape index (κ2) is 6.15. The van der Waals surface area contributed by atoms with Gasteiger partial charge in [0.1, 0.15) is 4.90 Å². The molecule has 0 spiro atoms. The highest BCUT2D eigenvalue weighted by Crippen LogP contribution is 2.22. The smallest absolute Gasteiger partial charge is 0.303 e. The molecule has 0 radical (unpaired) electrons. The van der Waals surface area contributed by atoms with E-state index in [9.17, 15) is 13.2 Å². The lowest BCUT2D eigenvalue weighted by Crippen LogP contribution is -2.43. The summed E-state index contributed by atoms with van der Waals surface area (Å²) in [5, 5.41) is 12.9. The van der Waals surface area contributed by atoms with Gasteiger partial charge in [-0.3, -0.25) is 9.48 Å². The molecule has 0 aliphatic carbocycles. The molecule has 0 aliphatic rings. The van der Waals surface area contributed by atoms with Gasteiger partial charge in [0.2, 0.25) is 10.0 Å². The molecule has 0 aromatic carbocycles. The number of aryl methyl sites for hydroxylation is 2. The van der Waals surface area contributed by atoms with Gasteiger partial charge in [-0.05, 0) is 41.0 Å². The van der Waals surface area contributed by atoms with Crippen LogP contribution in [0.1, 0.15) is 45.0 Å². The summed E-state index contributed by atoms with van der Waals surface area (Å²) in [5.74, 6) is -0.951. The standard InChI is InChI=1S/C13H23N3O4S/c1-6-16-10(3)12(9(2)14-16)21(19,20)15-13(4,5)8-7-11(17)18/h15H,6-8H2,1-5H3,(H,17,18). The predicted molar refractivity (Wildman–Crippen MR) is 78.6 cm³/mol. The molecule has 7 nitrogen and oxygen atoms in total. The highest BCUT2D eigenvalue weighted by Gasteiger charge is 2.31. The second-order valence-corrected chi connectivity index (χ2v) is 7.32. The maximum atomic E-state index is 12.6. The Kier molecular flexibility index (Phi) is 5.16. The number of nitrogens with zero attached hydrogens (tertiary/aromatic N) is 2. The second-order valence-electron chi connectivity index (χ2n) is 5.70. The van der Waals surface area contributed by atoms with Crippen LogP contribution in [0.25, 0.3) is 0 Å². The highest BCUT2D eigenvalue weighted by atomic mass is 32.2. The number of rotatable bonds is 7. The van der Waals surface area contributed by atoms with Gasteiger partial charge in [0.15, 0.2) is 0 Å². The zero-order valence-corrected chi connectivity index (χ0v) is 13.9. The van der Waals surface area contributed by atoms with Crippen molar-refractivity contribution in [3.8, 4) is 0 Å². The lowest BCUT2D eigenvalue weighted by atomic mass is 10.0. The van der Waals surface area contributed by atoms with Crippen molar-refractivity contribution in [1.29, 1.82) is 0 Å². The predicted octanol–water partition coefficient (Wildman–Crippen LogP) is 1.44. The van der Waals surface area contributed by atoms with Gasteiger partial charge >= 0.3 is 5.97 Å². The molecule has 8 heteroatoms. The third-order valence-electron chi connectivity index (χ3n) is 3.26. The molecule has 0 unspecified atom stereocenters. The van der Waals surface area contributed by atoms with Crippen molar-refractivity contribution in [3.05, 3.63) is 11.4 Å². The number of sulfonamides is 1. The number of aromatic nitrogens is 2. The van der Waals surface area contributed by atoms with Crippen LogP contribution in [0.2, 0.25) is 0 Å². The lowest BCUT2D eigenvalue weighted by molar-refractivity contribution is -0.137. The minimum absolute atomic E-state index is 0.0955. The van der Waals surface area contributed by atoms with E-state index in [4.69, 9.17) is 5.11 Å². The first-order valence-corrected chi connectivity index (χ1v) is 8.28. The number of nitrogens with one attached hydrogen (secondary N) is 1. The summed E-state index contributed by atoms with van der Waals surface area (Å²) in [5.41, 5.74) is 0.178. The van der Waals surface area contributed by atoms with E-state index in [2.05, 4.69) is 9.82 Å². The molecule has 0 bridgehead atoms. The minimum atomic E-state index is -3.74. The molecule has 120 valence electrons. The molecule has 0 fully saturated rings. The van der Waals surface area contributed by atoms with Gasteiger partial charge in [-0.25, -0.2) is 13.1 Å². The van der Waals surface area contributed by atoms with Gasteiger partial charge in [-0.15, -0.1) is 0 Å². The monoisotopic (exact) mass is 317 g/mol. The lowest BCUT2D eigenvalue weighted by Gasteiger charge is -2.25. The molecular weight excluding hydrogens is 294 g/mol. The van der Waals surface area contributed by atoms with Gasteiger partial charge in [0.05, 0.1) is 11.4 Å². The van der Waals surface area contributed by atoms with E-state index in [1.165, 1.54) is 0 Å². The zero-order valence-electron chi connectivity index (χ0n) is 13.1. The Hall–Kier alpha value is -1.41. The van der Waals surface area contributed by atoms with Crippen LogP contribution in [-0.2, 0) is 21.4 Å². The Morgan fingerprint density at radius 3 is 2.38 bits per heavy atom. The van der Waals surface area contributed by atoms with Crippen molar-refractivity contribution >= 4 is 16.0 Å². The summed E-state index contributed by atoms with van der Waals surface area (Å²) in [6.45, 7) is 9.18. The van der Waals surface area contributed by atoms with E-state index in [1.807, 2.05) is 6.92 Å². The van der Waals surface area contributed by atoms with E-state index >= 15 is 0 Å². The molecule has 1 aromatic heterocycles. The third-order valence-corrected chi connectivity index (χ3v) is 5.21. The topological polar surface area (TPSA) is 101 Å². The van der Waals surface area contributed by atoms with E-state index in [1.54, 1.807) is 32.4 Å². The fraction of sp³-hybridized carbons (Fsp3) is 0.692. The molecule has 1 heterocycles. The third kappa shape index (κ3) is 4.28. The summed E-state index contributed by atoms with van der Waals surface area (Å²) >= 11 is 0. The Morgan fingerprint density at radius 1 is 1.38 bits per heavy atom. The first kappa shape index (κ1) is 17.6. The van der Waals surface area contributed by atoms with Gasteiger partial charge < -0.3 is 5.11 Å². The Morgan fingerprint density at radius 2 is 1.95 bits per heavy atom. The highest BCUT2D eigenvalue weighted by molar-refractivity contribution is 7.89. The molecule has 0 saturated heterocycles. The summed E-state index contributed by atoms with van der Waals surface area (Å²) < 4.78 is 29.3. The molecule has 0 amide bonds. The molecule has 0 atom stereocenters. The van der Waals surface area contributed by atoms with Crippen molar-refractivity contribution in [2.45, 2.75) is 64.4 Å². The Bertz CT molecular complexity index is 632. The molecule has 21 heavy (non-hydrogen) atoms. The summed E-state index contributed by atoms with van der Waals surface area (Å²) in [6, 6.07) is 0. The normalized spacial score (nSPS) is 12.6. The van der Waals surface area contributed by atoms with Gasteiger partial charge in [0.25, 0.3) is 0 Å².